The van der Waals surface area contributed by atoms with E-state index in [4.69, 9.17) is 0 Å². The molecule has 1 N–H and O–H groups in total. The average Bonchev–Trinajstić information content (AvgIpc) is 3.28. The van der Waals surface area contributed by atoms with E-state index in [9.17, 15) is 4.79 Å². The number of benzene rings is 2. The van der Waals surface area contributed by atoms with Crippen LogP contribution in [0, 0.1) is 0 Å². The topological polar surface area (TPSA) is 85.6 Å². The largest absolute Gasteiger partial charge is 0.347 e. The normalized spacial score (nSPS) is 10.6. The van der Waals surface area contributed by atoms with Crippen molar-refractivity contribution in [3.63, 3.8) is 0 Å². The maximum atomic E-state index is 12.5. The Morgan fingerprint density at radius 3 is 2.21 bits per heavy atom. The van der Waals surface area contributed by atoms with Crippen LogP contribution in [-0.2, 0) is 6.54 Å². The zero-order valence-corrected chi connectivity index (χ0v) is 15.1. The Morgan fingerprint density at radius 1 is 0.893 bits per heavy atom. The highest BCUT2D eigenvalue weighted by atomic mass is 16.2. The van der Waals surface area contributed by atoms with Gasteiger partial charge in [-0.3, -0.25) is 4.79 Å². The molecule has 0 saturated carbocycles. The van der Waals surface area contributed by atoms with E-state index < -0.39 is 0 Å². The number of imidazole rings is 1. The van der Waals surface area contributed by atoms with Crippen LogP contribution in [0.1, 0.15) is 10.6 Å². The van der Waals surface area contributed by atoms with Crippen LogP contribution in [0.25, 0.3) is 22.5 Å². The molecule has 2 heterocycles. The minimum Gasteiger partial charge on any atom is -0.347 e. The molecule has 4 rings (SSSR count). The van der Waals surface area contributed by atoms with Crippen molar-refractivity contribution in [2.75, 3.05) is 6.54 Å². The van der Waals surface area contributed by atoms with E-state index in [2.05, 4.69) is 25.5 Å². The van der Waals surface area contributed by atoms with Crippen LogP contribution < -0.4 is 5.32 Å². The minimum atomic E-state index is -0.357. The van der Waals surface area contributed by atoms with Gasteiger partial charge in [0.15, 0.2) is 0 Å². The zero-order valence-electron chi connectivity index (χ0n) is 15.1. The van der Waals surface area contributed by atoms with E-state index in [0.717, 1.165) is 11.1 Å². The fourth-order valence-corrected chi connectivity index (χ4v) is 2.81. The molecule has 0 unspecified atom stereocenters. The Labute approximate surface area is 162 Å². The first kappa shape index (κ1) is 17.5. The number of rotatable bonds is 6. The first-order chi connectivity index (χ1) is 13.8. The third-order valence-corrected chi connectivity index (χ3v) is 4.20. The molecule has 0 saturated heterocycles. The highest BCUT2D eigenvalue weighted by Crippen LogP contribution is 2.27. The van der Waals surface area contributed by atoms with Gasteiger partial charge >= 0.3 is 0 Å². The van der Waals surface area contributed by atoms with Gasteiger partial charge < -0.3 is 9.88 Å². The summed E-state index contributed by atoms with van der Waals surface area (Å²) in [5.74, 6) is -0.312. The second-order valence-corrected chi connectivity index (χ2v) is 6.12. The molecular weight excluding hydrogens is 352 g/mol. The van der Waals surface area contributed by atoms with Crippen molar-refractivity contribution in [1.29, 1.82) is 0 Å². The molecule has 0 atom stereocenters. The Balaban J connectivity index is 1.61. The van der Waals surface area contributed by atoms with Crippen LogP contribution in [0.15, 0.2) is 79.4 Å². The van der Waals surface area contributed by atoms with Crippen molar-refractivity contribution in [3.8, 4) is 22.5 Å². The van der Waals surface area contributed by atoms with Gasteiger partial charge in [0.25, 0.3) is 5.91 Å². The Kier molecular flexibility index (Phi) is 5.15. The maximum absolute atomic E-state index is 12.5. The molecule has 0 radical (unpaired) electrons. The van der Waals surface area contributed by atoms with Gasteiger partial charge in [-0.05, 0) is 0 Å². The van der Waals surface area contributed by atoms with Crippen LogP contribution >= 0.6 is 0 Å². The molecule has 7 nitrogen and oxygen atoms in total. The zero-order chi connectivity index (χ0) is 19.2. The molecule has 0 aliphatic carbocycles. The molecule has 7 heteroatoms. The molecule has 0 aliphatic heterocycles. The number of nitrogens with one attached hydrogen (secondary N) is 1. The summed E-state index contributed by atoms with van der Waals surface area (Å²) in [6.07, 6.45) is 5.24. The van der Waals surface area contributed by atoms with Crippen molar-refractivity contribution in [2.24, 2.45) is 0 Å². The molecule has 138 valence electrons. The van der Waals surface area contributed by atoms with E-state index >= 15 is 0 Å². The number of nitrogens with zero attached hydrogens (tertiary/aromatic N) is 5. The van der Waals surface area contributed by atoms with Gasteiger partial charge in [-0.15, -0.1) is 10.2 Å². The number of aromatic nitrogens is 5. The molecular formula is C21H18N6O. The predicted molar refractivity (Wildman–Crippen MR) is 105 cm³/mol. The van der Waals surface area contributed by atoms with Gasteiger partial charge in [0.2, 0.25) is 5.82 Å². The summed E-state index contributed by atoms with van der Waals surface area (Å²) < 4.78 is 1.88. The molecule has 0 spiro atoms. The molecule has 28 heavy (non-hydrogen) atoms. The second kappa shape index (κ2) is 8.22. The van der Waals surface area contributed by atoms with Crippen LogP contribution in [0.4, 0.5) is 0 Å². The van der Waals surface area contributed by atoms with Crippen molar-refractivity contribution >= 4 is 5.91 Å². The van der Waals surface area contributed by atoms with Gasteiger partial charge in [0.05, 0.1) is 6.33 Å². The third-order valence-electron chi connectivity index (χ3n) is 4.20. The molecule has 1 amide bonds. The van der Waals surface area contributed by atoms with Crippen LogP contribution in [-0.4, -0.2) is 37.2 Å². The van der Waals surface area contributed by atoms with E-state index in [1.165, 1.54) is 0 Å². The van der Waals surface area contributed by atoms with Gasteiger partial charge in [-0.1, -0.05) is 60.7 Å². The SMILES string of the molecule is O=C(NCCn1ccnc1)c1nnc(-c2ccccc2)c(-c2ccccc2)n1. The van der Waals surface area contributed by atoms with Crippen molar-refractivity contribution < 1.29 is 4.79 Å². The monoisotopic (exact) mass is 370 g/mol. The smallest absolute Gasteiger partial charge is 0.291 e. The number of hydrogen-bond acceptors (Lipinski definition) is 5. The van der Waals surface area contributed by atoms with Crippen molar-refractivity contribution in [3.05, 3.63) is 85.2 Å². The highest BCUT2D eigenvalue weighted by Gasteiger charge is 2.17. The summed E-state index contributed by atoms with van der Waals surface area (Å²) in [5, 5.41) is 11.2. The molecule has 0 fully saturated rings. The first-order valence-corrected chi connectivity index (χ1v) is 8.91. The minimum absolute atomic E-state index is 0.0455. The van der Waals surface area contributed by atoms with E-state index in [0.29, 0.717) is 24.5 Å². The van der Waals surface area contributed by atoms with Crippen molar-refractivity contribution in [1.82, 2.24) is 30.0 Å². The number of carbonyl (C=O) groups is 1. The van der Waals surface area contributed by atoms with Gasteiger partial charge in [0, 0.05) is 36.6 Å². The molecule has 0 aliphatic rings. The fraction of sp³-hybridized carbons (Fsp3) is 0.0952. The summed E-state index contributed by atoms with van der Waals surface area (Å²) in [4.78, 5) is 21.0. The van der Waals surface area contributed by atoms with Gasteiger partial charge in [0.1, 0.15) is 11.4 Å². The fourth-order valence-electron chi connectivity index (χ4n) is 2.81. The quantitative estimate of drug-likeness (QED) is 0.564. The summed E-state index contributed by atoms with van der Waals surface area (Å²) in [6, 6.07) is 19.4. The van der Waals surface area contributed by atoms with E-state index in [1.54, 1.807) is 12.5 Å². The number of amides is 1. The summed E-state index contributed by atoms with van der Waals surface area (Å²) in [6.45, 7) is 1.06. The van der Waals surface area contributed by atoms with Crippen LogP contribution in [0.2, 0.25) is 0 Å². The van der Waals surface area contributed by atoms with Crippen LogP contribution in [0.5, 0.6) is 0 Å². The van der Waals surface area contributed by atoms with Crippen LogP contribution in [0.3, 0.4) is 0 Å². The lowest BCUT2D eigenvalue weighted by atomic mass is 10.0. The maximum Gasteiger partial charge on any atom is 0.291 e. The second-order valence-electron chi connectivity index (χ2n) is 6.12. The molecule has 0 bridgehead atoms. The molecule has 2 aromatic heterocycles. The van der Waals surface area contributed by atoms with E-state index in [-0.39, 0.29) is 11.7 Å². The highest BCUT2D eigenvalue weighted by molar-refractivity contribution is 5.91. The molecule has 4 aromatic rings. The molecule has 2 aromatic carbocycles. The lowest BCUT2D eigenvalue weighted by molar-refractivity contribution is 0.0941. The lowest BCUT2D eigenvalue weighted by Crippen LogP contribution is -2.29. The standard InChI is InChI=1S/C21H18N6O/c28-21(23-12-14-27-13-11-22-15-27)20-24-18(16-7-3-1-4-8-16)19(25-26-20)17-9-5-2-6-10-17/h1-11,13,15H,12,14H2,(H,23,28). The third kappa shape index (κ3) is 3.93. The van der Waals surface area contributed by atoms with Gasteiger partial charge in [-0.25, -0.2) is 9.97 Å². The average molecular weight is 370 g/mol. The summed E-state index contributed by atoms with van der Waals surface area (Å²) in [7, 11) is 0. The summed E-state index contributed by atoms with van der Waals surface area (Å²) in [5.41, 5.74) is 3.04. The Bertz CT molecular complexity index is 1050. The Hall–Kier alpha value is -3.87. The van der Waals surface area contributed by atoms with Gasteiger partial charge in [-0.2, -0.15) is 0 Å². The first-order valence-electron chi connectivity index (χ1n) is 8.91. The predicted octanol–water partition coefficient (Wildman–Crippen LogP) is 2.83. The summed E-state index contributed by atoms with van der Waals surface area (Å²) >= 11 is 0. The van der Waals surface area contributed by atoms with Crippen molar-refractivity contribution in [2.45, 2.75) is 6.54 Å². The lowest BCUT2D eigenvalue weighted by Gasteiger charge is -2.10. The number of hydrogen-bond donors (Lipinski definition) is 1. The number of carbonyl (C=O) groups excluding carboxylic acids is 1. The Morgan fingerprint density at radius 2 is 1.57 bits per heavy atom. The van der Waals surface area contributed by atoms with E-state index in [1.807, 2.05) is 71.4 Å².